The standard InChI is InChI=1S/4C8H17.C3H6O.2Sn/c4*1-3-5-7-8-6-4-2;1-2-3-4;;/h4*1,3-8H2,2H3;1-3H2;;/q;;;;-1;;+1. The van der Waals surface area contributed by atoms with E-state index in [0.717, 1.165) is 6.61 Å². The number of rotatable bonds is 33. The molecule has 0 amide bonds. The van der Waals surface area contributed by atoms with Gasteiger partial charge in [0.15, 0.2) is 0 Å². The van der Waals surface area contributed by atoms with E-state index < -0.39 is 39.9 Å². The van der Waals surface area contributed by atoms with Crippen molar-refractivity contribution >= 4 is 39.9 Å². The van der Waals surface area contributed by atoms with Gasteiger partial charge in [-0.15, -0.1) is 0 Å². The molecule has 0 aromatic rings. The fourth-order valence-corrected chi connectivity index (χ4v) is 20.4. The van der Waals surface area contributed by atoms with Crippen molar-refractivity contribution in [1.29, 1.82) is 0 Å². The first kappa shape index (κ1) is 39.6. The summed E-state index contributed by atoms with van der Waals surface area (Å²) in [6, 6.07) is 0. The van der Waals surface area contributed by atoms with Crippen LogP contribution < -0.4 is 0 Å². The summed E-state index contributed by atoms with van der Waals surface area (Å²) < 4.78 is 14.9. The van der Waals surface area contributed by atoms with E-state index in [1.54, 1.807) is 26.2 Å². The van der Waals surface area contributed by atoms with E-state index in [1.165, 1.54) is 157 Å². The first-order valence-electron chi connectivity index (χ1n) is 18.1. The van der Waals surface area contributed by atoms with Crippen LogP contribution in [-0.2, 0) is 3.07 Å². The van der Waals surface area contributed by atoms with Gasteiger partial charge < -0.3 is 0 Å². The fourth-order valence-electron chi connectivity index (χ4n) is 5.70. The molecule has 38 heavy (non-hydrogen) atoms. The Balaban J connectivity index is 4.36. The number of unbranched alkanes of at least 4 members (excludes halogenated alkanes) is 20. The molecular weight excluding hydrogens is 674 g/mol. The maximum absolute atomic E-state index is 6.82. The normalized spacial score (nSPS) is 11.8. The van der Waals surface area contributed by atoms with Crippen molar-refractivity contribution in [2.75, 3.05) is 6.61 Å². The Morgan fingerprint density at radius 2 is 0.605 bits per heavy atom. The molecule has 0 unspecified atom stereocenters. The van der Waals surface area contributed by atoms with Crippen molar-refractivity contribution in [2.45, 2.75) is 210 Å². The zero-order valence-corrected chi connectivity index (χ0v) is 33.0. The molecule has 0 heterocycles. The molecule has 3 heteroatoms. The molecule has 0 spiro atoms. The van der Waals surface area contributed by atoms with Gasteiger partial charge >= 0.3 is 260 Å². The van der Waals surface area contributed by atoms with Gasteiger partial charge in [0.05, 0.1) is 0 Å². The van der Waals surface area contributed by atoms with Crippen LogP contribution in [0.15, 0.2) is 0 Å². The van der Waals surface area contributed by atoms with Crippen LogP contribution in [-0.4, -0.2) is 46.5 Å². The van der Waals surface area contributed by atoms with Crippen LogP contribution in [0, 0.1) is 0 Å². The second-order valence-corrected chi connectivity index (χ2v) is 27.6. The molecule has 0 aliphatic heterocycles. The van der Waals surface area contributed by atoms with E-state index in [4.69, 9.17) is 3.07 Å². The molecule has 0 aromatic heterocycles. The summed E-state index contributed by atoms with van der Waals surface area (Å²) >= 11 is -2.79. The Labute approximate surface area is 258 Å². The molecule has 0 atom stereocenters. The van der Waals surface area contributed by atoms with Crippen LogP contribution in [0.2, 0.25) is 22.2 Å². The van der Waals surface area contributed by atoms with E-state index in [2.05, 4.69) is 27.7 Å². The Bertz CT molecular complexity index is 347. The second-order valence-electron chi connectivity index (χ2n) is 12.3. The summed E-state index contributed by atoms with van der Waals surface area (Å²) in [6.07, 6.45) is 36.5. The van der Waals surface area contributed by atoms with E-state index >= 15 is 0 Å². The summed E-state index contributed by atoms with van der Waals surface area (Å²) in [5.41, 5.74) is 0. The molecule has 0 aliphatic carbocycles. The fraction of sp³-hybridized carbons (Fsp3) is 1.00. The van der Waals surface area contributed by atoms with E-state index in [0.29, 0.717) is 0 Å². The van der Waals surface area contributed by atoms with Gasteiger partial charge in [0.2, 0.25) is 0 Å². The van der Waals surface area contributed by atoms with Crippen molar-refractivity contribution in [3.63, 3.8) is 0 Å². The maximum atomic E-state index is 6.82. The Morgan fingerprint density at radius 1 is 0.316 bits per heavy atom. The Morgan fingerprint density at radius 3 is 0.974 bits per heavy atom. The van der Waals surface area contributed by atoms with Crippen molar-refractivity contribution in [3.8, 4) is 0 Å². The third kappa shape index (κ3) is 30.5. The van der Waals surface area contributed by atoms with Gasteiger partial charge in [0.25, 0.3) is 0 Å². The van der Waals surface area contributed by atoms with Crippen LogP contribution >= 0.6 is 0 Å². The van der Waals surface area contributed by atoms with E-state index in [1.807, 2.05) is 0 Å². The molecule has 0 saturated heterocycles. The van der Waals surface area contributed by atoms with Gasteiger partial charge in [-0.05, 0) is 0 Å². The molecule has 0 fully saturated rings. The van der Waals surface area contributed by atoms with Gasteiger partial charge in [-0.1, -0.05) is 0 Å². The molecule has 0 bridgehead atoms. The first-order valence-corrected chi connectivity index (χ1v) is 29.3. The quantitative estimate of drug-likeness (QED) is 0.0480. The number of hydrogen-bond acceptors (Lipinski definition) is 1. The van der Waals surface area contributed by atoms with Crippen molar-refractivity contribution in [3.05, 3.63) is 0 Å². The van der Waals surface area contributed by atoms with Gasteiger partial charge in [-0.25, -0.2) is 0 Å². The Hall–Kier alpha value is 1.56. The van der Waals surface area contributed by atoms with Gasteiger partial charge in [0, 0.05) is 0 Å². The van der Waals surface area contributed by atoms with E-state index in [-0.39, 0.29) is 0 Å². The van der Waals surface area contributed by atoms with Gasteiger partial charge in [-0.3, -0.25) is 0 Å². The summed E-state index contributed by atoms with van der Waals surface area (Å²) in [5.74, 6) is 0. The summed E-state index contributed by atoms with van der Waals surface area (Å²) in [6.45, 7) is 10.5. The molecule has 2 radical (unpaired) electrons. The summed E-state index contributed by atoms with van der Waals surface area (Å²) in [5, 5.41) is 0. The molecule has 0 saturated carbocycles. The zero-order chi connectivity index (χ0) is 27.8. The summed E-state index contributed by atoms with van der Waals surface area (Å²) in [4.78, 5) is 0. The minimum absolute atomic E-state index is 1.15. The second kappa shape index (κ2) is 34.8. The monoisotopic (exact) mass is 750 g/mol. The van der Waals surface area contributed by atoms with Crippen LogP contribution in [0.4, 0.5) is 0 Å². The van der Waals surface area contributed by atoms with Crippen LogP contribution in [0.5, 0.6) is 0 Å². The molecule has 228 valence electrons. The third-order valence-corrected chi connectivity index (χ3v) is 24.4. The van der Waals surface area contributed by atoms with Gasteiger partial charge in [-0.2, -0.15) is 0 Å². The SMILES string of the molecule is CCCCCCC[CH2][Sn]([CH2]CCCCCCC)[CH2]CC[O][Sn]([CH2]CCCCCCC)[CH2]CCCCCCC. The Kier molecular flexibility index (Phi) is 36.2. The number of hydrogen-bond donors (Lipinski definition) is 0. The van der Waals surface area contributed by atoms with Crippen molar-refractivity contribution in [1.82, 2.24) is 0 Å². The molecule has 0 aromatic carbocycles. The topological polar surface area (TPSA) is 9.23 Å². The van der Waals surface area contributed by atoms with Crippen LogP contribution in [0.25, 0.3) is 0 Å². The van der Waals surface area contributed by atoms with Crippen molar-refractivity contribution < 1.29 is 3.07 Å². The van der Waals surface area contributed by atoms with Crippen molar-refractivity contribution in [2.24, 2.45) is 0 Å². The van der Waals surface area contributed by atoms with Crippen LogP contribution in [0.3, 0.4) is 0 Å². The third-order valence-electron chi connectivity index (χ3n) is 8.37. The minimum atomic E-state index is -1.60. The predicted molar refractivity (Wildman–Crippen MR) is 180 cm³/mol. The average molecular weight is 748 g/mol. The first-order chi connectivity index (χ1) is 18.8. The molecular formula is C35H74OSn2. The molecule has 0 N–H and O–H groups in total. The van der Waals surface area contributed by atoms with E-state index in [9.17, 15) is 0 Å². The molecule has 1 nitrogen and oxygen atoms in total. The summed E-state index contributed by atoms with van der Waals surface area (Å²) in [7, 11) is 0. The molecule has 0 aliphatic rings. The van der Waals surface area contributed by atoms with Crippen LogP contribution in [0.1, 0.15) is 188 Å². The average Bonchev–Trinajstić information content (AvgIpc) is 2.93. The molecule has 0 rings (SSSR count). The van der Waals surface area contributed by atoms with Gasteiger partial charge in [0.1, 0.15) is 0 Å². The zero-order valence-electron chi connectivity index (χ0n) is 27.3. The predicted octanol–water partition coefficient (Wildman–Crippen LogP) is 13.3.